The van der Waals surface area contributed by atoms with Crippen LogP contribution in [0.5, 0.6) is 0 Å². The summed E-state index contributed by atoms with van der Waals surface area (Å²) in [6.45, 7) is 6.60. The van der Waals surface area contributed by atoms with Crippen LogP contribution in [-0.4, -0.2) is 45.2 Å². The van der Waals surface area contributed by atoms with Gasteiger partial charge in [0.1, 0.15) is 0 Å². The molecule has 16 heavy (non-hydrogen) atoms. The maximum atomic E-state index is 10.7. The van der Waals surface area contributed by atoms with Gasteiger partial charge < -0.3 is 9.67 Å². The normalized spacial score (nSPS) is 11.2. The predicted octanol–water partition coefficient (Wildman–Crippen LogP) is 0.926. The Labute approximate surface area is 95.7 Å². The number of aromatic nitrogens is 2. The smallest absolute Gasteiger partial charge is 0.317 e. The van der Waals surface area contributed by atoms with Crippen molar-refractivity contribution in [2.75, 3.05) is 19.6 Å². The fourth-order valence-corrected chi connectivity index (χ4v) is 1.62. The number of carboxylic acid groups (broad SMARTS) is 1. The summed E-state index contributed by atoms with van der Waals surface area (Å²) in [4.78, 5) is 16.6. The Hall–Kier alpha value is -1.36. The molecule has 0 atom stereocenters. The van der Waals surface area contributed by atoms with Crippen molar-refractivity contribution in [2.24, 2.45) is 5.92 Å². The van der Waals surface area contributed by atoms with Crippen molar-refractivity contribution >= 4 is 5.97 Å². The molecule has 0 radical (unpaired) electrons. The molecule has 0 aromatic carbocycles. The number of aliphatic carboxylic acids is 1. The van der Waals surface area contributed by atoms with Gasteiger partial charge >= 0.3 is 5.97 Å². The van der Waals surface area contributed by atoms with Crippen molar-refractivity contribution in [2.45, 2.75) is 20.4 Å². The Bertz CT molecular complexity index is 309. The number of hydrogen-bond donors (Lipinski definition) is 1. The van der Waals surface area contributed by atoms with E-state index in [2.05, 4.69) is 18.8 Å². The number of hydrogen-bond acceptors (Lipinski definition) is 3. The first-order valence-corrected chi connectivity index (χ1v) is 5.48. The van der Waals surface area contributed by atoms with E-state index in [0.29, 0.717) is 5.92 Å². The molecule has 0 unspecified atom stereocenters. The van der Waals surface area contributed by atoms with Gasteiger partial charge in [-0.15, -0.1) is 0 Å². The molecule has 5 heteroatoms. The Kier molecular flexibility index (Phi) is 4.98. The fraction of sp³-hybridized carbons (Fsp3) is 0.636. The molecule has 0 saturated heterocycles. The molecule has 0 saturated carbocycles. The zero-order valence-corrected chi connectivity index (χ0v) is 9.83. The summed E-state index contributed by atoms with van der Waals surface area (Å²) in [5.74, 6) is -0.298. The lowest BCUT2D eigenvalue weighted by atomic mass is 10.2. The van der Waals surface area contributed by atoms with Gasteiger partial charge in [0.25, 0.3) is 0 Å². The second-order valence-corrected chi connectivity index (χ2v) is 4.32. The number of carbonyl (C=O) groups is 1. The molecular weight excluding hydrogens is 206 g/mol. The molecule has 0 aliphatic carbocycles. The van der Waals surface area contributed by atoms with Gasteiger partial charge in [0.05, 0.1) is 12.9 Å². The minimum absolute atomic E-state index is 0.104. The summed E-state index contributed by atoms with van der Waals surface area (Å²) in [5, 5.41) is 8.79. The van der Waals surface area contributed by atoms with Crippen LogP contribution in [0.4, 0.5) is 0 Å². The average Bonchev–Trinajstić information content (AvgIpc) is 2.64. The van der Waals surface area contributed by atoms with E-state index in [-0.39, 0.29) is 6.54 Å². The lowest BCUT2D eigenvalue weighted by Crippen LogP contribution is -2.35. The molecule has 1 N–H and O–H groups in total. The van der Waals surface area contributed by atoms with Crippen LogP contribution >= 0.6 is 0 Å². The Morgan fingerprint density at radius 2 is 2.31 bits per heavy atom. The lowest BCUT2D eigenvalue weighted by Gasteiger charge is -2.22. The first kappa shape index (κ1) is 12.7. The number of carboxylic acids is 1. The van der Waals surface area contributed by atoms with Crippen molar-refractivity contribution in [3.05, 3.63) is 18.7 Å². The summed E-state index contributed by atoms with van der Waals surface area (Å²) in [6, 6.07) is 0. The third-order valence-electron chi connectivity index (χ3n) is 2.22. The lowest BCUT2D eigenvalue weighted by molar-refractivity contribution is -0.138. The highest BCUT2D eigenvalue weighted by Crippen LogP contribution is 1.99. The Balaban J connectivity index is 2.40. The van der Waals surface area contributed by atoms with Crippen LogP contribution in [0, 0.1) is 5.92 Å². The molecular formula is C11H19N3O2. The van der Waals surface area contributed by atoms with Crippen LogP contribution < -0.4 is 0 Å². The van der Waals surface area contributed by atoms with Gasteiger partial charge in [-0.1, -0.05) is 13.8 Å². The van der Waals surface area contributed by atoms with Crippen molar-refractivity contribution in [1.82, 2.24) is 14.5 Å². The minimum atomic E-state index is -0.772. The highest BCUT2D eigenvalue weighted by molar-refractivity contribution is 5.69. The van der Waals surface area contributed by atoms with Gasteiger partial charge in [-0.3, -0.25) is 9.69 Å². The molecule has 0 aliphatic rings. The van der Waals surface area contributed by atoms with E-state index < -0.39 is 5.97 Å². The van der Waals surface area contributed by atoms with E-state index >= 15 is 0 Å². The van der Waals surface area contributed by atoms with Crippen molar-refractivity contribution in [3.63, 3.8) is 0 Å². The summed E-state index contributed by atoms with van der Waals surface area (Å²) in [5.41, 5.74) is 0. The second kappa shape index (κ2) is 6.27. The van der Waals surface area contributed by atoms with Gasteiger partial charge in [0.2, 0.25) is 0 Å². The molecule has 0 amide bonds. The largest absolute Gasteiger partial charge is 0.480 e. The van der Waals surface area contributed by atoms with Crippen molar-refractivity contribution in [1.29, 1.82) is 0 Å². The first-order chi connectivity index (χ1) is 7.58. The molecule has 1 aromatic rings. The van der Waals surface area contributed by atoms with E-state index in [1.165, 1.54) is 0 Å². The van der Waals surface area contributed by atoms with Crippen LogP contribution in [0.1, 0.15) is 13.8 Å². The van der Waals surface area contributed by atoms with Crippen LogP contribution in [0.25, 0.3) is 0 Å². The molecule has 0 fully saturated rings. The number of imidazole rings is 1. The zero-order valence-electron chi connectivity index (χ0n) is 9.83. The molecule has 0 bridgehead atoms. The highest BCUT2D eigenvalue weighted by Gasteiger charge is 2.10. The molecule has 1 rings (SSSR count). The van der Waals surface area contributed by atoms with E-state index in [1.807, 2.05) is 15.7 Å². The van der Waals surface area contributed by atoms with Crippen molar-refractivity contribution < 1.29 is 9.90 Å². The van der Waals surface area contributed by atoms with E-state index in [0.717, 1.165) is 19.6 Å². The average molecular weight is 225 g/mol. The minimum Gasteiger partial charge on any atom is -0.480 e. The molecule has 1 aromatic heterocycles. The summed E-state index contributed by atoms with van der Waals surface area (Å²) in [7, 11) is 0. The summed E-state index contributed by atoms with van der Waals surface area (Å²) < 4.78 is 1.95. The molecule has 0 aliphatic heterocycles. The first-order valence-electron chi connectivity index (χ1n) is 5.48. The number of rotatable bonds is 7. The molecule has 90 valence electrons. The topological polar surface area (TPSA) is 58.4 Å². The predicted molar refractivity (Wildman–Crippen MR) is 61.1 cm³/mol. The monoisotopic (exact) mass is 225 g/mol. The maximum absolute atomic E-state index is 10.7. The van der Waals surface area contributed by atoms with Gasteiger partial charge in [0, 0.05) is 32.0 Å². The van der Waals surface area contributed by atoms with Gasteiger partial charge in [-0.05, 0) is 5.92 Å². The van der Waals surface area contributed by atoms with Gasteiger partial charge in [0.15, 0.2) is 0 Å². The van der Waals surface area contributed by atoms with E-state index in [9.17, 15) is 4.79 Å². The second-order valence-electron chi connectivity index (χ2n) is 4.32. The molecule has 1 heterocycles. The molecule has 5 nitrogen and oxygen atoms in total. The summed E-state index contributed by atoms with van der Waals surface area (Å²) in [6.07, 6.45) is 5.35. The van der Waals surface area contributed by atoms with Gasteiger partial charge in [-0.2, -0.15) is 0 Å². The van der Waals surface area contributed by atoms with Crippen LogP contribution in [-0.2, 0) is 11.3 Å². The zero-order chi connectivity index (χ0) is 12.0. The van der Waals surface area contributed by atoms with E-state index in [1.54, 1.807) is 12.5 Å². The maximum Gasteiger partial charge on any atom is 0.317 e. The van der Waals surface area contributed by atoms with Crippen LogP contribution in [0.2, 0.25) is 0 Å². The third-order valence-corrected chi connectivity index (χ3v) is 2.22. The number of nitrogens with zero attached hydrogens (tertiary/aromatic N) is 3. The molecule has 0 spiro atoms. The highest BCUT2D eigenvalue weighted by atomic mass is 16.4. The van der Waals surface area contributed by atoms with Crippen LogP contribution in [0.3, 0.4) is 0 Å². The summed E-state index contributed by atoms with van der Waals surface area (Å²) >= 11 is 0. The van der Waals surface area contributed by atoms with E-state index in [4.69, 9.17) is 5.11 Å². The van der Waals surface area contributed by atoms with Gasteiger partial charge in [-0.25, -0.2) is 4.98 Å². The van der Waals surface area contributed by atoms with Crippen LogP contribution in [0.15, 0.2) is 18.7 Å². The third kappa shape index (κ3) is 4.93. The fourth-order valence-electron chi connectivity index (χ4n) is 1.62. The quantitative estimate of drug-likeness (QED) is 0.750. The standard InChI is InChI=1S/C11H19N3O2/c1-10(2)7-14(8-11(15)16)6-5-13-4-3-12-9-13/h3-4,9-10H,5-8H2,1-2H3,(H,15,16). The Morgan fingerprint density at radius 3 is 2.81 bits per heavy atom. The van der Waals surface area contributed by atoms with Crippen molar-refractivity contribution in [3.8, 4) is 0 Å². The Morgan fingerprint density at radius 1 is 1.56 bits per heavy atom. The SMILES string of the molecule is CC(C)CN(CCn1ccnc1)CC(=O)O.